The minimum Gasteiger partial charge on any atom is -0.494 e. The molecule has 0 amide bonds. The van der Waals surface area contributed by atoms with Gasteiger partial charge in [0.25, 0.3) is 0 Å². The van der Waals surface area contributed by atoms with E-state index in [0.29, 0.717) is 18.1 Å². The number of anilines is 3. The lowest BCUT2D eigenvalue weighted by Gasteiger charge is -2.11. The van der Waals surface area contributed by atoms with Gasteiger partial charge in [0, 0.05) is 17.3 Å². The van der Waals surface area contributed by atoms with Gasteiger partial charge in [-0.05, 0) is 31.2 Å². The number of benzene rings is 2. The van der Waals surface area contributed by atoms with Gasteiger partial charge in [-0.2, -0.15) is 4.98 Å². The third-order valence-corrected chi connectivity index (χ3v) is 3.63. The number of hydrogen-bond acceptors (Lipinski definition) is 6. The molecule has 0 fully saturated rings. The van der Waals surface area contributed by atoms with Crippen molar-refractivity contribution in [3.63, 3.8) is 0 Å². The summed E-state index contributed by atoms with van der Waals surface area (Å²) >= 11 is 0. The van der Waals surface area contributed by atoms with Gasteiger partial charge in [0.15, 0.2) is 0 Å². The molecule has 7 heteroatoms. The first-order valence-electron chi connectivity index (χ1n) is 8.54. The van der Waals surface area contributed by atoms with Crippen molar-refractivity contribution in [2.75, 3.05) is 23.8 Å². The summed E-state index contributed by atoms with van der Waals surface area (Å²) in [4.78, 5) is 19.6. The molecule has 0 aliphatic heterocycles. The lowest BCUT2D eigenvalue weighted by molar-refractivity contribution is -0.134. The van der Waals surface area contributed by atoms with Crippen LogP contribution in [0.25, 0.3) is 11.3 Å². The first-order valence-corrected chi connectivity index (χ1v) is 8.54. The van der Waals surface area contributed by atoms with Crippen molar-refractivity contribution in [1.82, 2.24) is 9.97 Å². The van der Waals surface area contributed by atoms with Crippen LogP contribution in [0, 0.1) is 0 Å². The molecule has 1 heterocycles. The predicted molar refractivity (Wildman–Crippen MR) is 104 cm³/mol. The summed E-state index contributed by atoms with van der Waals surface area (Å²) in [7, 11) is 0. The molecule has 0 aliphatic carbocycles. The highest BCUT2D eigenvalue weighted by molar-refractivity contribution is 5.73. The SMILES string of the molecule is CCOc1ccc(Nc2cc(-c3ccccc3)nc(NCC(=O)O)n2)cc1. The Kier molecular flexibility index (Phi) is 5.84. The van der Waals surface area contributed by atoms with Crippen molar-refractivity contribution < 1.29 is 14.6 Å². The molecular weight excluding hydrogens is 344 g/mol. The average Bonchev–Trinajstić information content (AvgIpc) is 2.69. The van der Waals surface area contributed by atoms with E-state index in [1.54, 1.807) is 0 Å². The highest BCUT2D eigenvalue weighted by Gasteiger charge is 2.08. The number of aliphatic carboxylic acids is 1. The maximum Gasteiger partial charge on any atom is 0.322 e. The molecule has 2 aromatic carbocycles. The van der Waals surface area contributed by atoms with Crippen LogP contribution in [0.4, 0.5) is 17.5 Å². The van der Waals surface area contributed by atoms with Crippen LogP contribution in [0.1, 0.15) is 6.92 Å². The summed E-state index contributed by atoms with van der Waals surface area (Å²) < 4.78 is 5.44. The number of carbonyl (C=O) groups is 1. The van der Waals surface area contributed by atoms with E-state index in [-0.39, 0.29) is 12.5 Å². The number of hydrogen-bond donors (Lipinski definition) is 3. The maximum atomic E-state index is 10.8. The second kappa shape index (κ2) is 8.66. The van der Waals surface area contributed by atoms with Crippen LogP contribution in [0.2, 0.25) is 0 Å². The first-order chi connectivity index (χ1) is 13.1. The maximum absolute atomic E-state index is 10.8. The highest BCUT2D eigenvalue weighted by Crippen LogP contribution is 2.24. The zero-order chi connectivity index (χ0) is 19.1. The molecule has 0 aliphatic rings. The molecule has 3 aromatic rings. The van der Waals surface area contributed by atoms with Crippen LogP contribution in [-0.2, 0) is 4.79 Å². The van der Waals surface area contributed by atoms with Crippen molar-refractivity contribution in [2.24, 2.45) is 0 Å². The third kappa shape index (κ3) is 5.18. The smallest absolute Gasteiger partial charge is 0.322 e. The molecule has 0 unspecified atom stereocenters. The molecule has 0 spiro atoms. The zero-order valence-corrected chi connectivity index (χ0v) is 14.8. The first kappa shape index (κ1) is 18.2. The van der Waals surface area contributed by atoms with Crippen LogP contribution >= 0.6 is 0 Å². The molecule has 0 radical (unpaired) electrons. The van der Waals surface area contributed by atoms with Gasteiger partial charge in [0.05, 0.1) is 12.3 Å². The van der Waals surface area contributed by atoms with Gasteiger partial charge in [-0.3, -0.25) is 4.79 Å². The minimum atomic E-state index is -0.982. The van der Waals surface area contributed by atoms with Crippen LogP contribution in [0.3, 0.4) is 0 Å². The quantitative estimate of drug-likeness (QED) is 0.560. The number of ether oxygens (including phenoxy) is 1. The van der Waals surface area contributed by atoms with Crippen molar-refractivity contribution >= 4 is 23.4 Å². The monoisotopic (exact) mass is 364 g/mol. The number of nitrogens with zero attached hydrogens (tertiary/aromatic N) is 2. The van der Waals surface area contributed by atoms with Gasteiger partial charge in [0.2, 0.25) is 5.95 Å². The largest absolute Gasteiger partial charge is 0.494 e. The van der Waals surface area contributed by atoms with Gasteiger partial charge in [-0.1, -0.05) is 30.3 Å². The normalized spacial score (nSPS) is 10.3. The summed E-state index contributed by atoms with van der Waals surface area (Å²) in [6.45, 7) is 2.28. The van der Waals surface area contributed by atoms with Crippen molar-refractivity contribution in [1.29, 1.82) is 0 Å². The summed E-state index contributed by atoms with van der Waals surface area (Å²) in [5.74, 6) is 0.609. The Bertz CT molecular complexity index is 899. The van der Waals surface area contributed by atoms with E-state index in [9.17, 15) is 4.79 Å². The Labute approximate surface area is 157 Å². The van der Waals surface area contributed by atoms with E-state index in [2.05, 4.69) is 20.6 Å². The van der Waals surface area contributed by atoms with E-state index in [0.717, 1.165) is 17.0 Å². The van der Waals surface area contributed by atoms with Gasteiger partial charge >= 0.3 is 5.97 Å². The predicted octanol–water partition coefficient (Wildman–Crippen LogP) is 3.78. The number of carboxylic acids is 1. The molecule has 0 saturated carbocycles. The van der Waals surface area contributed by atoms with E-state index in [1.165, 1.54) is 0 Å². The number of rotatable bonds is 8. The van der Waals surface area contributed by atoms with Gasteiger partial charge in [-0.25, -0.2) is 4.98 Å². The Balaban J connectivity index is 1.88. The Morgan fingerprint density at radius 1 is 1.07 bits per heavy atom. The Morgan fingerprint density at radius 2 is 1.81 bits per heavy atom. The van der Waals surface area contributed by atoms with Gasteiger partial charge < -0.3 is 20.5 Å². The zero-order valence-electron chi connectivity index (χ0n) is 14.8. The van der Waals surface area contributed by atoms with E-state index >= 15 is 0 Å². The molecule has 3 rings (SSSR count). The lowest BCUT2D eigenvalue weighted by atomic mass is 10.1. The third-order valence-electron chi connectivity index (χ3n) is 3.63. The molecule has 0 saturated heterocycles. The molecule has 3 N–H and O–H groups in total. The van der Waals surface area contributed by atoms with E-state index in [1.807, 2.05) is 67.6 Å². The van der Waals surface area contributed by atoms with Crippen molar-refractivity contribution in [2.45, 2.75) is 6.92 Å². The Morgan fingerprint density at radius 3 is 2.48 bits per heavy atom. The molecule has 138 valence electrons. The van der Waals surface area contributed by atoms with E-state index < -0.39 is 5.97 Å². The van der Waals surface area contributed by atoms with Crippen LogP contribution in [-0.4, -0.2) is 34.2 Å². The van der Waals surface area contributed by atoms with Crippen molar-refractivity contribution in [3.05, 3.63) is 60.7 Å². The molecule has 0 bridgehead atoms. The lowest BCUT2D eigenvalue weighted by Crippen LogP contribution is -2.15. The summed E-state index contributed by atoms with van der Waals surface area (Å²) in [5, 5.41) is 14.8. The van der Waals surface area contributed by atoms with Gasteiger partial charge in [-0.15, -0.1) is 0 Å². The molecule has 27 heavy (non-hydrogen) atoms. The summed E-state index contributed by atoms with van der Waals surface area (Å²) in [6, 6.07) is 19.0. The Hall–Kier alpha value is -3.61. The standard InChI is InChI=1S/C20H20N4O3/c1-2-27-16-10-8-15(9-11-16)22-18-12-17(14-6-4-3-5-7-14)23-20(24-18)21-13-19(25)26/h3-12H,2,13H2,1H3,(H,25,26)(H2,21,22,23,24). The topological polar surface area (TPSA) is 96.4 Å². The fraction of sp³-hybridized carbons (Fsp3) is 0.150. The summed E-state index contributed by atoms with van der Waals surface area (Å²) in [6.07, 6.45) is 0. The van der Waals surface area contributed by atoms with Crippen LogP contribution in [0.5, 0.6) is 5.75 Å². The second-order valence-electron chi connectivity index (χ2n) is 5.66. The fourth-order valence-corrected chi connectivity index (χ4v) is 2.45. The number of carboxylic acid groups (broad SMARTS) is 1. The van der Waals surface area contributed by atoms with Crippen LogP contribution in [0.15, 0.2) is 60.7 Å². The van der Waals surface area contributed by atoms with Crippen molar-refractivity contribution in [3.8, 4) is 17.0 Å². The molecule has 0 atom stereocenters. The number of nitrogens with one attached hydrogen (secondary N) is 2. The molecule has 1 aromatic heterocycles. The average molecular weight is 364 g/mol. The fourth-order valence-electron chi connectivity index (χ4n) is 2.45. The second-order valence-corrected chi connectivity index (χ2v) is 5.66. The van der Waals surface area contributed by atoms with Crippen LogP contribution < -0.4 is 15.4 Å². The number of aromatic nitrogens is 2. The minimum absolute atomic E-state index is 0.243. The molecule has 7 nitrogen and oxygen atoms in total. The highest BCUT2D eigenvalue weighted by atomic mass is 16.5. The molecular formula is C20H20N4O3. The summed E-state index contributed by atoms with van der Waals surface area (Å²) in [5.41, 5.74) is 2.43. The van der Waals surface area contributed by atoms with E-state index in [4.69, 9.17) is 9.84 Å². The van der Waals surface area contributed by atoms with Gasteiger partial charge in [0.1, 0.15) is 18.1 Å².